The summed E-state index contributed by atoms with van der Waals surface area (Å²) in [6.45, 7) is 3.96. The zero-order chi connectivity index (χ0) is 13.7. The maximum atomic E-state index is 10.1. The average molecular weight is 263 g/mol. The lowest BCUT2D eigenvalue weighted by molar-refractivity contribution is 0.194. The molecule has 3 nitrogen and oxygen atoms in total. The van der Waals surface area contributed by atoms with Gasteiger partial charge >= 0.3 is 0 Å². The van der Waals surface area contributed by atoms with E-state index in [2.05, 4.69) is 11.0 Å². The lowest BCUT2D eigenvalue weighted by atomic mass is 10.0. The molecule has 1 atom stereocenters. The highest BCUT2D eigenvalue weighted by atomic mass is 16.5. The van der Waals surface area contributed by atoms with Crippen molar-refractivity contribution in [2.45, 2.75) is 45.1 Å². The van der Waals surface area contributed by atoms with Gasteiger partial charge in [-0.15, -0.1) is 0 Å². The highest BCUT2D eigenvalue weighted by molar-refractivity contribution is 5.60. The highest BCUT2D eigenvalue weighted by Crippen LogP contribution is 2.35. The molecule has 0 amide bonds. The lowest BCUT2D eigenvalue weighted by Gasteiger charge is -2.30. The summed E-state index contributed by atoms with van der Waals surface area (Å²) in [5.74, 6) is 0.787. The molecule has 1 heterocycles. The predicted molar refractivity (Wildman–Crippen MR) is 78.9 cm³/mol. The first-order valence-electron chi connectivity index (χ1n) is 7.34. The summed E-state index contributed by atoms with van der Waals surface area (Å²) in [6, 6.07) is 6.04. The smallest absolute Gasteiger partial charge is 0.126 e. The molecule has 19 heavy (non-hydrogen) atoms. The molecule has 1 saturated heterocycles. The van der Waals surface area contributed by atoms with Crippen molar-refractivity contribution in [2.24, 2.45) is 0 Å². The molecule has 3 heteroatoms. The molecule has 0 aromatic heterocycles. The molecular formula is C16H25NO2. The van der Waals surface area contributed by atoms with Gasteiger partial charge in [0.05, 0.1) is 13.2 Å². The molecule has 1 aliphatic heterocycles. The topological polar surface area (TPSA) is 32.7 Å². The Morgan fingerprint density at radius 2 is 1.74 bits per heavy atom. The first kappa shape index (κ1) is 14.2. The normalized spacial score (nSPS) is 18.6. The van der Waals surface area contributed by atoms with E-state index in [9.17, 15) is 5.11 Å². The molecule has 2 rings (SSSR count). The first-order chi connectivity index (χ1) is 9.24. The summed E-state index contributed by atoms with van der Waals surface area (Å²) in [6.07, 6.45) is 5.94. The van der Waals surface area contributed by atoms with Crippen LogP contribution in [0.4, 0.5) is 5.69 Å². The third-order valence-electron chi connectivity index (χ3n) is 3.88. The number of ether oxygens (including phenoxy) is 1. The minimum atomic E-state index is -0.503. The number of aliphatic hydroxyl groups excluding tert-OH is 1. The van der Waals surface area contributed by atoms with Crippen LogP contribution in [-0.2, 0) is 0 Å². The Balaban J connectivity index is 2.30. The van der Waals surface area contributed by atoms with Gasteiger partial charge in [0, 0.05) is 24.3 Å². The fraction of sp³-hybridized carbons (Fsp3) is 0.625. The molecule has 0 saturated carbocycles. The van der Waals surface area contributed by atoms with Crippen molar-refractivity contribution in [1.82, 2.24) is 0 Å². The molecule has 1 aromatic rings. The van der Waals surface area contributed by atoms with Crippen molar-refractivity contribution in [1.29, 1.82) is 0 Å². The summed E-state index contributed by atoms with van der Waals surface area (Å²) < 4.78 is 5.41. The average Bonchev–Trinajstić information content (AvgIpc) is 2.37. The molecule has 106 valence electrons. The van der Waals surface area contributed by atoms with E-state index in [-0.39, 0.29) is 0 Å². The van der Waals surface area contributed by atoms with Gasteiger partial charge in [-0.05, 0) is 31.9 Å². The zero-order valence-corrected chi connectivity index (χ0v) is 12.1. The maximum Gasteiger partial charge on any atom is 0.126 e. The zero-order valence-electron chi connectivity index (χ0n) is 12.1. The highest BCUT2D eigenvalue weighted by Gasteiger charge is 2.19. The van der Waals surface area contributed by atoms with E-state index < -0.39 is 6.10 Å². The summed E-state index contributed by atoms with van der Waals surface area (Å²) in [4.78, 5) is 2.41. The van der Waals surface area contributed by atoms with Crippen LogP contribution in [0, 0.1) is 0 Å². The van der Waals surface area contributed by atoms with Crippen LogP contribution in [-0.4, -0.2) is 25.3 Å². The van der Waals surface area contributed by atoms with Crippen LogP contribution in [0.5, 0.6) is 5.75 Å². The Morgan fingerprint density at radius 3 is 2.32 bits per heavy atom. The van der Waals surface area contributed by atoms with Gasteiger partial charge in [-0.2, -0.15) is 0 Å². The quantitative estimate of drug-likeness (QED) is 0.905. The number of hydrogen-bond acceptors (Lipinski definition) is 3. The van der Waals surface area contributed by atoms with E-state index in [1.165, 1.54) is 32.1 Å². The molecule has 1 N–H and O–H groups in total. The van der Waals surface area contributed by atoms with Crippen LogP contribution >= 0.6 is 0 Å². The van der Waals surface area contributed by atoms with E-state index >= 15 is 0 Å². The van der Waals surface area contributed by atoms with E-state index in [0.717, 1.165) is 30.1 Å². The molecule has 0 aliphatic carbocycles. The SMILES string of the molecule is COc1cccc(N2CCCCCCC2)c1[C@@H](C)O. The second kappa shape index (κ2) is 6.80. The number of aliphatic hydroxyl groups is 1. The number of anilines is 1. The molecule has 1 aliphatic rings. The van der Waals surface area contributed by atoms with Crippen molar-refractivity contribution in [3.8, 4) is 5.75 Å². The third-order valence-corrected chi connectivity index (χ3v) is 3.88. The summed E-state index contributed by atoms with van der Waals surface area (Å²) in [5.41, 5.74) is 2.06. The molecule has 0 spiro atoms. The van der Waals surface area contributed by atoms with Crippen LogP contribution in [0.25, 0.3) is 0 Å². The summed E-state index contributed by atoms with van der Waals surface area (Å²) >= 11 is 0. The van der Waals surface area contributed by atoms with E-state index in [0.29, 0.717) is 0 Å². The number of methoxy groups -OCH3 is 1. The van der Waals surface area contributed by atoms with Gasteiger partial charge in [-0.3, -0.25) is 0 Å². The molecule has 0 bridgehead atoms. The van der Waals surface area contributed by atoms with Crippen LogP contribution in [0.3, 0.4) is 0 Å². The van der Waals surface area contributed by atoms with Crippen molar-refractivity contribution >= 4 is 5.69 Å². The second-order valence-electron chi connectivity index (χ2n) is 5.32. The Morgan fingerprint density at radius 1 is 1.11 bits per heavy atom. The molecule has 0 unspecified atom stereocenters. The van der Waals surface area contributed by atoms with Gasteiger partial charge in [0.2, 0.25) is 0 Å². The number of benzene rings is 1. The number of rotatable bonds is 3. The Hall–Kier alpha value is -1.22. The molecule has 1 aromatic carbocycles. The van der Waals surface area contributed by atoms with E-state index in [1.807, 2.05) is 19.1 Å². The minimum Gasteiger partial charge on any atom is -0.496 e. The number of hydrogen-bond donors (Lipinski definition) is 1. The largest absolute Gasteiger partial charge is 0.496 e. The minimum absolute atomic E-state index is 0.503. The molecule has 0 radical (unpaired) electrons. The third kappa shape index (κ3) is 3.41. The van der Waals surface area contributed by atoms with E-state index in [1.54, 1.807) is 7.11 Å². The number of nitrogens with zero attached hydrogens (tertiary/aromatic N) is 1. The van der Waals surface area contributed by atoms with Gasteiger partial charge in [0.25, 0.3) is 0 Å². The monoisotopic (exact) mass is 263 g/mol. The van der Waals surface area contributed by atoms with E-state index in [4.69, 9.17) is 4.74 Å². The first-order valence-corrected chi connectivity index (χ1v) is 7.34. The van der Waals surface area contributed by atoms with Crippen LogP contribution in [0.2, 0.25) is 0 Å². The predicted octanol–water partition coefficient (Wildman–Crippen LogP) is 3.52. The molecular weight excluding hydrogens is 238 g/mol. The second-order valence-corrected chi connectivity index (χ2v) is 5.32. The van der Waals surface area contributed by atoms with Gasteiger partial charge in [-0.25, -0.2) is 0 Å². The van der Waals surface area contributed by atoms with Crippen LogP contribution < -0.4 is 9.64 Å². The van der Waals surface area contributed by atoms with Gasteiger partial charge in [-0.1, -0.05) is 25.3 Å². The van der Waals surface area contributed by atoms with Crippen molar-refractivity contribution in [3.05, 3.63) is 23.8 Å². The van der Waals surface area contributed by atoms with Gasteiger partial charge < -0.3 is 14.7 Å². The van der Waals surface area contributed by atoms with Crippen LogP contribution in [0.1, 0.15) is 50.7 Å². The van der Waals surface area contributed by atoms with Crippen molar-refractivity contribution in [2.75, 3.05) is 25.1 Å². The lowest BCUT2D eigenvalue weighted by Crippen LogP contribution is -2.28. The van der Waals surface area contributed by atoms with Gasteiger partial charge in [0.15, 0.2) is 0 Å². The Labute approximate surface area is 116 Å². The Bertz CT molecular complexity index is 396. The van der Waals surface area contributed by atoms with Crippen molar-refractivity contribution in [3.63, 3.8) is 0 Å². The maximum absolute atomic E-state index is 10.1. The Kier molecular flexibility index (Phi) is 5.08. The standard InChI is InChI=1S/C16H25NO2/c1-13(18)16-14(9-8-10-15(16)19-2)17-11-6-4-3-5-7-12-17/h8-10,13,18H,3-7,11-12H2,1-2H3/t13-/m1/s1. The summed E-state index contributed by atoms with van der Waals surface area (Å²) in [7, 11) is 1.67. The van der Waals surface area contributed by atoms with Crippen molar-refractivity contribution < 1.29 is 9.84 Å². The van der Waals surface area contributed by atoms with Gasteiger partial charge in [0.1, 0.15) is 5.75 Å². The fourth-order valence-corrected chi connectivity index (χ4v) is 2.89. The summed E-state index contributed by atoms with van der Waals surface area (Å²) in [5, 5.41) is 10.1. The fourth-order valence-electron chi connectivity index (χ4n) is 2.89. The van der Waals surface area contributed by atoms with Crippen LogP contribution in [0.15, 0.2) is 18.2 Å². The molecule has 1 fully saturated rings.